The molecule has 2 heterocycles. The van der Waals surface area contributed by atoms with Gasteiger partial charge in [0, 0.05) is 23.1 Å². The van der Waals surface area contributed by atoms with E-state index in [-0.39, 0.29) is 0 Å². The molecule has 4 aromatic rings. The van der Waals surface area contributed by atoms with E-state index in [0.29, 0.717) is 0 Å². The van der Waals surface area contributed by atoms with Crippen molar-refractivity contribution >= 4 is 22.1 Å². The van der Waals surface area contributed by atoms with Gasteiger partial charge in [-0.25, -0.2) is 4.98 Å². The highest BCUT2D eigenvalue weighted by Crippen LogP contribution is 2.27. The number of nitrogen functional groups attached to an aromatic ring is 1. The van der Waals surface area contributed by atoms with Gasteiger partial charge in [-0.1, -0.05) is 36.4 Å². The van der Waals surface area contributed by atoms with Crippen molar-refractivity contribution in [3.05, 3.63) is 66.5 Å². The summed E-state index contributed by atoms with van der Waals surface area (Å²) in [6, 6.07) is 18.7. The van der Waals surface area contributed by atoms with Crippen LogP contribution in [-0.2, 0) is 0 Å². The van der Waals surface area contributed by atoms with E-state index in [2.05, 4.69) is 49.4 Å². The van der Waals surface area contributed by atoms with Crippen molar-refractivity contribution in [1.82, 2.24) is 9.38 Å². The van der Waals surface area contributed by atoms with E-state index in [1.807, 2.05) is 22.7 Å². The highest BCUT2D eigenvalue weighted by molar-refractivity contribution is 5.87. The number of anilines is 1. The van der Waals surface area contributed by atoms with Gasteiger partial charge in [-0.3, -0.25) is 0 Å². The molecule has 0 amide bonds. The van der Waals surface area contributed by atoms with Gasteiger partial charge in [0.15, 0.2) is 0 Å². The molecule has 21 heavy (non-hydrogen) atoms. The van der Waals surface area contributed by atoms with Crippen LogP contribution in [0.3, 0.4) is 0 Å². The Morgan fingerprint density at radius 3 is 2.62 bits per heavy atom. The van der Waals surface area contributed by atoms with Gasteiger partial charge in [-0.05, 0) is 35.9 Å². The van der Waals surface area contributed by atoms with Crippen LogP contribution in [0.4, 0.5) is 5.69 Å². The van der Waals surface area contributed by atoms with Gasteiger partial charge in [0.25, 0.3) is 0 Å². The number of nitrogens with two attached hydrogens (primary N) is 1. The molecule has 0 aliphatic heterocycles. The summed E-state index contributed by atoms with van der Waals surface area (Å²) in [5.74, 6) is 0. The van der Waals surface area contributed by atoms with Crippen LogP contribution in [0.1, 0.15) is 5.69 Å². The highest BCUT2D eigenvalue weighted by Gasteiger charge is 2.10. The number of hydrogen-bond acceptors (Lipinski definition) is 2. The van der Waals surface area contributed by atoms with Crippen molar-refractivity contribution in [2.75, 3.05) is 5.73 Å². The zero-order valence-corrected chi connectivity index (χ0v) is 11.7. The van der Waals surface area contributed by atoms with Crippen molar-refractivity contribution < 1.29 is 0 Å². The minimum Gasteiger partial charge on any atom is -0.398 e. The molecule has 0 spiro atoms. The standard InChI is InChI=1S/C18H15N3/c1-12-18(20-17-9-8-16(19)11-21(12)17)15-7-6-13-4-2-3-5-14(13)10-15/h2-11H,19H2,1H3. The summed E-state index contributed by atoms with van der Waals surface area (Å²) in [6.07, 6.45) is 1.92. The molecule has 0 radical (unpaired) electrons. The minimum absolute atomic E-state index is 0.744. The zero-order chi connectivity index (χ0) is 14.4. The Morgan fingerprint density at radius 2 is 1.76 bits per heavy atom. The van der Waals surface area contributed by atoms with Crippen LogP contribution in [0.5, 0.6) is 0 Å². The normalized spacial score (nSPS) is 11.3. The topological polar surface area (TPSA) is 43.3 Å². The molecule has 0 atom stereocenters. The Labute approximate surface area is 122 Å². The van der Waals surface area contributed by atoms with Crippen molar-refractivity contribution in [3.63, 3.8) is 0 Å². The number of benzene rings is 2. The monoisotopic (exact) mass is 273 g/mol. The van der Waals surface area contributed by atoms with Crippen LogP contribution in [0, 0.1) is 6.92 Å². The third-order valence-electron chi connectivity index (χ3n) is 3.90. The first-order valence-corrected chi connectivity index (χ1v) is 6.96. The molecule has 3 nitrogen and oxygen atoms in total. The Hall–Kier alpha value is -2.81. The first-order chi connectivity index (χ1) is 10.2. The van der Waals surface area contributed by atoms with Crippen LogP contribution >= 0.6 is 0 Å². The van der Waals surface area contributed by atoms with E-state index in [1.54, 1.807) is 0 Å². The second-order valence-electron chi connectivity index (χ2n) is 5.30. The van der Waals surface area contributed by atoms with Crippen molar-refractivity contribution in [1.29, 1.82) is 0 Å². The molecule has 0 saturated carbocycles. The number of aromatic nitrogens is 2. The maximum Gasteiger partial charge on any atom is 0.137 e. The van der Waals surface area contributed by atoms with Crippen molar-refractivity contribution in [2.45, 2.75) is 6.92 Å². The molecular weight excluding hydrogens is 258 g/mol. The zero-order valence-electron chi connectivity index (χ0n) is 11.7. The van der Waals surface area contributed by atoms with E-state index in [4.69, 9.17) is 10.7 Å². The van der Waals surface area contributed by atoms with Crippen LogP contribution in [0.2, 0.25) is 0 Å². The molecule has 2 aromatic heterocycles. The highest BCUT2D eigenvalue weighted by atomic mass is 15.0. The van der Waals surface area contributed by atoms with E-state index in [0.717, 1.165) is 28.3 Å². The average Bonchev–Trinajstić information content (AvgIpc) is 2.84. The summed E-state index contributed by atoms with van der Waals surface area (Å²) in [4.78, 5) is 4.74. The summed E-state index contributed by atoms with van der Waals surface area (Å²) >= 11 is 0. The maximum atomic E-state index is 5.87. The number of pyridine rings is 1. The fourth-order valence-corrected chi connectivity index (χ4v) is 2.79. The molecule has 2 N–H and O–H groups in total. The molecule has 2 aromatic carbocycles. The quantitative estimate of drug-likeness (QED) is 0.568. The molecule has 4 rings (SSSR count). The summed E-state index contributed by atoms with van der Waals surface area (Å²) in [6.45, 7) is 2.07. The molecule has 3 heteroatoms. The number of imidazole rings is 1. The van der Waals surface area contributed by atoms with E-state index in [9.17, 15) is 0 Å². The Morgan fingerprint density at radius 1 is 0.952 bits per heavy atom. The third kappa shape index (κ3) is 1.86. The number of hydrogen-bond donors (Lipinski definition) is 1. The first kappa shape index (κ1) is 12.0. The Bertz CT molecular complexity index is 967. The summed E-state index contributed by atoms with van der Waals surface area (Å²) in [5, 5.41) is 2.47. The van der Waals surface area contributed by atoms with E-state index >= 15 is 0 Å². The van der Waals surface area contributed by atoms with Gasteiger partial charge < -0.3 is 10.1 Å². The Balaban J connectivity index is 1.97. The molecule has 0 aliphatic carbocycles. The van der Waals surface area contributed by atoms with Crippen molar-refractivity contribution in [2.24, 2.45) is 0 Å². The van der Waals surface area contributed by atoms with Gasteiger partial charge in [-0.15, -0.1) is 0 Å². The summed E-state index contributed by atoms with van der Waals surface area (Å²) < 4.78 is 2.04. The second kappa shape index (κ2) is 4.35. The fourth-order valence-electron chi connectivity index (χ4n) is 2.79. The smallest absolute Gasteiger partial charge is 0.137 e. The average molecular weight is 273 g/mol. The molecule has 102 valence electrons. The maximum absolute atomic E-state index is 5.87. The van der Waals surface area contributed by atoms with Crippen LogP contribution < -0.4 is 5.73 Å². The number of rotatable bonds is 1. The number of fused-ring (bicyclic) bond motifs is 2. The Kier molecular flexibility index (Phi) is 2.48. The van der Waals surface area contributed by atoms with Gasteiger partial charge in [0.05, 0.1) is 5.69 Å². The van der Waals surface area contributed by atoms with Gasteiger partial charge in [-0.2, -0.15) is 0 Å². The SMILES string of the molecule is Cc1c(-c2ccc3ccccc3c2)nc2ccc(N)cn12. The largest absolute Gasteiger partial charge is 0.398 e. The lowest BCUT2D eigenvalue weighted by Gasteiger charge is -2.03. The number of nitrogens with zero attached hydrogens (tertiary/aromatic N) is 2. The summed E-state index contributed by atoms with van der Waals surface area (Å²) in [7, 11) is 0. The van der Waals surface area contributed by atoms with E-state index < -0.39 is 0 Å². The van der Waals surface area contributed by atoms with Crippen LogP contribution in [0.25, 0.3) is 27.7 Å². The lowest BCUT2D eigenvalue weighted by atomic mass is 10.0. The molecule has 0 unspecified atom stereocenters. The lowest BCUT2D eigenvalue weighted by molar-refractivity contribution is 1.11. The predicted molar refractivity (Wildman–Crippen MR) is 87.3 cm³/mol. The summed E-state index contributed by atoms with van der Waals surface area (Å²) in [5.41, 5.74) is 10.8. The number of aryl methyl sites for hydroxylation is 1. The van der Waals surface area contributed by atoms with Crippen LogP contribution in [0.15, 0.2) is 60.8 Å². The first-order valence-electron chi connectivity index (χ1n) is 6.96. The molecule has 0 aliphatic rings. The van der Waals surface area contributed by atoms with E-state index in [1.165, 1.54) is 10.8 Å². The molecule has 0 fully saturated rings. The predicted octanol–water partition coefficient (Wildman–Crippen LogP) is 4.05. The van der Waals surface area contributed by atoms with Crippen LogP contribution in [-0.4, -0.2) is 9.38 Å². The lowest BCUT2D eigenvalue weighted by Crippen LogP contribution is -1.91. The van der Waals surface area contributed by atoms with Gasteiger partial charge in [0.1, 0.15) is 5.65 Å². The molecular formula is C18H15N3. The molecule has 0 bridgehead atoms. The fraction of sp³-hybridized carbons (Fsp3) is 0.0556. The van der Waals surface area contributed by atoms with Gasteiger partial charge >= 0.3 is 0 Å². The van der Waals surface area contributed by atoms with Crippen molar-refractivity contribution in [3.8, 4) is 11.3 Å². The third-order valence-corrected chi connectivity index (χ3v) is 3.90. The minimum atomic E-state index is 0.744. The molecule has 0 saturated heterocycles. The van der Waals surface area contributed by atoms with Gasteiger partial charge in [0.2, 0.25) is 0 Å². The second-order valence-corrected chi connectivity index (χ2v) is 5.30.